The molecule has 0 saturated heterocycles. The van der Waals surface area contributed by atoms with Crippen LogP contribution in [0.1, 0.15) is 10.4 Å². The maximum absolute atomic E-state index is 11.5. The number of carbonyl (C=O) groups is 1. The number of fused-ring (bicyclic) bond motifs is 1. The van der Waals surface area contributed by atoms with Crippen molar-refractivity contribution in [3.8, 4) is 0 Å². The standard InChI is InChI=1S/C13H16N4O/c1-17(7-6-14)13-10(12(15)18)8-9-4-2-3-5-11(9)16-13/h2-5,8H,6-7,14H2,1H3,(H2,15,18). The second-order valence-electron chi connectivity index (χ2n) is 4.13. The molecular formula is C13H16N4O. The molecule has 1 heterocycles. The molecule has 1 aromatic heterocycles. The average Bonchev–Trinajstić information content (AvgIpc) is 2.37. The van der Waals surface area contributed by atoms with Gasteiger partial charge in [-0.25, -0.2) is 4.98 Å². The molecule has 5 nitrogen and oxygen atoms in total. The average molecular weight is 244 g/mol. The molecule has 1 aromatic carbocycles. The van der Waals surface area contributed by atoms with Crippen LogP contribution in [0.15, 0.2) is 30.3 Å². The maximum Gasteiger partial charge on any atom is 0.252 e. The van der Waals surface area contributed by atoms with Crippen LogP contribution in [0.5, 0.6) is 0 Å². The van der Waals surface area contributed by atoms with Crippen molar-refractivity contribution in [2.75, 3.05) is 25.0 Å². The minimum atomic E-state index is -0.480. The van der Waals surface area contributed by atoms with Gasteiger partial charge in [-0.15, -0.1) is 0 Å². The fourth-order valence-corrected chi connectivity index (χ4v) is 1.88. The number of hydrogen-bond acceptors (Lipinski definition) is 4. The molecule has 1 amide bonds. The number of anilines is 1. The van der Waals surface area contributed by atoms with E-state index in [-0.39, 0.29) is 0 Å². The monoisotopic (exact) mass is 244 g/mol. The van der Waals surface area contributed by atoms with Gasteiger partial charge in [-0.1, -0.05) is 18.2 Å². The van der Waals surface area contributed by atoms with Gasteiger partial charge in [-0.2, -0.15) is 0 Å². The molecule has 2 aromatic rings. The summed E-state index contributed by atoms with van der Waals surface area (Å²) in [5.74, 6) is 0.0961. The van der Waals surface area contributed by atoms with Gasteiger partial charge in [0.05, 0.1) is 11.1 Å². The van der Waals surface area contributed by atoms with Crippen molar-refractivity contribution >= 4 is 22.6 Å². The topological polar surface area (TPSA) is 85.2 Å². The minimum Gasteiger partial charge on any atom is -0.365 e. The fraction of sp³-hybridized carbons (Fsp3) is 0.231. The molecular weight excluding hydrogens is 228 g/mol. The number of carbonyl (C=O) groups excluding carboxylic acids is 1. The summed E-state index contributed by atoms with van der Waals surface area (Å²) in [6.07, 6.45) is 0. The summed E-state index contributed by atoms with van der Waals surface area (Å²) in [7, 11) is 1.84. The summed E-state index contributed by atoms with van der Waals surface area (Å²) >= 11 is 0. The first-order valence-electron chi connectivity index (χ1n) is 5.74. The van der Waals surface area contributed by atoms with Crippen LogP contribution in [-0.2, 0) is 0 Å². The third kappa shape index (κ3) is 2.26. The number of amides is 1. The van der Waals surface area contributed by atoms with E-state index in [0.717, 1.165) is 10.9 Å². The molecule has 94 valence electrons. The second-order valence-corrected chi connectivity index (χ2v) is 4.13. The molecule has 0 unspecified atom stereocenters. The first-order valence-corrected chi connectivity index (χ1v) is 5.74. The highest BCUT2D eigenvalue weighted by Gasteiger charge is 2.14. The van der Waals surface area contributed by atoms with E-state index in [0.29, 0.717) is 24.5 Å². The summed E-state index contributed by atoms with van der Waals surface area (Å²) in [6.45, 7) is 1.11. The molecule has 0 radical (unpaired) electrons. The highest BCUT2D eigenvalue weighted by Crippen LogP contribution is 2.22. The van der Waals surface area contributed by atoms with Crippen LogP contribution in [0, 0.1) is 0 Å². The first kappa shape index (κ1) is 12.3. The van der Waals surface area contributed by atoms with Crippen molar-refractivity contribution in [1.29, 1.82) is 0 Å². The molecule has 5 heteroatoms. The van der Waals surface area contributed by atoms with Crippen LogP contribution < -0.4 is 16.4 Å². The number of nitrogens with zero attached hydrogens (tertiary/aromatic N) is 2. The normalized spacial score (nSPS) is 10.6. The van der Waals surface area contributed by atoms with Crippen LogP contribution >= 0.6 is 0 Å². The van der Waals surface area contributed by atoms with Crippen LogP contribution in [0.4, 0.5) is 5.82 Å². The molecule has 0 bridgehead atoms. The van der Waals surface area contributed by atoms with E-state index in [9.17, 15) is 4.79 Å². The van der Waals surface area contributed by atoms with Crippen molar-refractivity contribution in [3.05, 3.63) is 35.9 Å². The number of hydrogen-bond donors (Lipinski definition) is 2. The molecule has 2 rings (SSSR count). The third-order valence-corrected chi connectivity index (χ3v) is 2.80. The predicted octanol–water partition coefficient (Wildman–Crippen LogP) is 0.729. The zero-order valence-electron chi connectivity index (χ0n) is 10.3. The smallest absolute Gasteiger partial charge is 0.252 e. The van der Waals surface area contributed by atoms with Gasteiger partial charge in [0.25, 0.3) is 5.91 Å². The van der Waals surface area contributed by atoms with Crippen molar-refractivity contribution in [2.24, 2.45) is 11.5 Å². The Morgan fingerprint density at radius 1 is 1.39 bits per heavy atom. The lowest BCUT2D eigenvalue weighted by Crippen LogP contribution is -2.28. The lowest BCUT2D eigenvalue weighted by molar-refractivity contribution is 0.100. The number of likely N-dealkylation sites (N-methyl/N-ethyl adjacent to an activating group) is 1. The Hall–Kier alpha value is -2.14. The zero-order chi connectivity index (χ0) is 13.1. The van der Waals surface area contributed by atoms with Gasteiger partial charge >= 0.3 is 0 Å². The summed E-state index contributed by atoms with van der Waals surface area (Å²) in [4.78, 5) is 17.8. The molecule has 0 atom stereocenters. The lowest BCUT2D eigenvalue weighted by atomic mass is 10.1. The van der Waals surface area contributed by atoms with Crippen LogP contribution in [0.25, 0.3) is 10.9 Å². The van der Waals surface area contributed by atoms with Gasteiger partial charge in [0.2, 0.25) is 0 Å². The van der Waals surface area contributed by atoms with Crippen molar-refractivity contribution in [2.45, 2.75) is 0 Å². The Bertz CT molecular complexity index is 582. The van der Waals surface area contributed by atoms with E-state index in [1.165, 1.54) is 0 Å². The van der Waals surface area contributed by atoms with Crippen molar-refractivity contribution < 1.29 is 4.79 Å². The Balaban J connectivity index is 2.61. The van der Waals surface area contributed by atoms with Crippen LogP contribution in [-0.4, -0.2) is 31.0 Å². The number of para-hydroxylation sites is 1. The molecule has 18 heavy (non-hydrogen) atoms. The van der Waals surface area contributed by atoms with E-state index in [1.807, 2.05) is 36.2 Å². The molecule has 0 fully saturated rings. The number of pyridine rings is 1. The number of primary amides is 1. The Morgan fingerprint density at radius 3 is 2.78 bits per heavy atom. The number of nitrogens with two attached hydrogens (primary N) is 2. The Morgan fingerprint density at radius 2 is 2.11 bits per heavy atom. The van der Waals surface area contributed by atoms with Crippen LogP contribution in [0.2, 0.25) is 0 Å². The third-order valence-electron chi connectivity index (χ3n) is 2.80. The molecule has 0 aliphatic carbocycles. The van der Waals surface area contributed by atoms with Crippen molar-refractivity contribution in [3.63, 3.8) is 0 Å². The van der Waals surface area contributed by atoms with Gasteiger partial charge in [0.1, 0.15) is 5.82 Å². The minimum absolute atomic E-state index is 0.421. The number of aromatic nitrogens is 1. The summed E-state index contributed by atoms with van der Waals surface area (Å²) in [5.41, 5.74) is 12.2. The largest absolute Gasteiger partial charge is 0.365 e. The fourth-order valence-electron chi connectivity index (χ4n) is 1.88. The van der Waals surface area contributed by atoms with Crippen molar-refractivity contribution in [1.82, 2.24) is 4.98 Å². The Labute approximate surface area is 105 Å². The molecule has 0 aliphatic heterocycles. The first-order chi connectivity index (χ1) is 8.63. The zero-order valence-corrected chi connectivity index (χ0v) is 10.3. The molecule has 4 N–H and O–H groups in total. The molecule has 0 spiro atoms. The summed E-state index contributed by atoms with van der Waals surface area (Å²) in [5, 5.41) is 0.899. The molecule has 0 saturated carbocycles. The van der Waals surface area contributed by atoms with E-state index >= 15 is 0 Å². The van der Waals surface area contributed by atoms with E-state index in [1.54, 1.807) is 6.07 Å². The highest BCUT2D eigenvalue weighted by molar-refractivity contribution is 6.01. The molecule has 0 aliphatic rings. The van der Waals surface area contributed by atoms with Crippen LogP contribution in [0.3, 0.4) is 0 Å². The lowest BCUT2D eigenvalue weighted by Gasteiger charge is -2.20. The number of rotatable bonds is 4. The van der Waals surface area contributed by atoms with E-state index in [4.69, 9.17) is 11.5 Å². The summed E-state index contributed by atoms with van der Waals surface area (Å²) in [6, 6.07) is 9.39. The Kier molecular flexibility index (Phi) is 3.43. The van der Waals surface area contributed by atoms with Gasteiger partial charge in [0.15, 0.2) is 0 Å². The SMILES string of the molecule is CN(CCN)c1nc2ccccc2cc1C(N)=O. The van der Waals surface area contributed by atoms with Gasteiger partial charge in [-0.3, -0.25) is 4.79 Å². The van der Waals surface area contributed by atoms with Gasteiger partial charge < -0.3 is 16.4 Å². The maximum atomic E-state index is 11.5. The number of benzene rings is 1. The van der Waals surface area contributed by atoms with E-state index < -0.39 is 5.91 Å². The summed E-state index contributed by atoms with van der Waals surface area (Å²) < 4.78 is 0. The van der Waals surface area contributed by atoms with Gasteiger partial charge in [-0.05, 0) is 12.1 Å². The second kappa shape index (κ2) is 5.01. The highest BCUT2D eigenvalue weighted by atomic mass is 16.1. The predicted molar refractivity (Wildman–Crippen MR) is 72.6 cm³/mol. The quantitative estimate of drug-likeness (QED) is 0.830. The van der Waals surface area contributed by atoms with E-state index in [2.05, 4.69) is 4.98 Å². The van der Waals surface area contributed by atoms with Gasteiger partial charge in [0, 0.05) is 25.5 Å².